The zero-order valence-electron chi connectivity index (χ0n) is 8.51. The van der Waals surface area contributed by atoms with Gasteiger partial charge in [-0.3, -0.25) is 4.79 Å². The van der Waals surface area contributed by atoms with Crippen LogP contribution in [0.1, 0.15) is 15.9 Å². The maximum Gasteiger partial charge on any atom is 0.251 e. The van der Waals surface area contributed by atoms with E-state index in [1.54, 1.807) is 12.4 Å². The Morgan fingerprint density at radius 2 is 2.25 bits per heavy atom. The molecular weight excluding hydrogens is 272 g/mol. The first kappa shape index (κ1) is 10.8. The number of halogens is 1. The standard InChI is InChI=1S/C10H9BrN4O/c1-6-2-8(11)4-13-10(6)15-5-7(3-14-15)9(12)16/h2-5H,1H3,(H2,12,16). The average molecular weight is 281 g/mol. The van der Waals surface area contributed by atoms with Gasteiger partial charge in [0.2, 0.25) is 0 Å². The summed E-state index contributed by atoms with van der Waals surface area (Å²) in [4.78, 5) is 15.1. The smallest absolute Gasteiger partial charge is 0.251 e. The molecule has 2 aromatic heterocycles. The molecule has 16 heavy (non-hydrogen) atoms. The summed E-state index contributed by atoms with van der Waals surface area (Å²) in [5.41, 5.74) is 6.46. The monoisotopic (exact) mass is 280 g/mol. The number of hydrogen-bond donors (Lipinski definition) is 1. The Balaban J connectivity index is 2.46. The highest BCUT2D eigenvalue weighted by Gasteiger charge is 2.08. The highest BCUT2D eigenvalue weighted by molar-refractivity contribution is 9.10. The van der Waals surface area contributed by atoms with E-state index >= 15 is 0 Å². The van der Waals surface area contributed by atoms with E-state index in [2.05, 4.69) is 26.0 Å². The average Bonchev–Trinajstić information content (AvgIpc) is 2.66. The van der Waals surface area contributed by atoms with Crippen LogP contribution < -0.4 is 5.73 Å². The van der Waals surface area contributed by atoms with Gasteiger partial charge in [-0.25, -0.2) is 9.67 Å². The molecule has 0 bridgehead atoms. The van der Waals surface area contributed by atoms with Gasteiger partial charge < -0.3 is 5.73 Å². The number of aryl methyl sites for hydroxylation is 1. The highest BCUT2D eigenvalue weighted by atomic mass is 79.9. The van der Waals surface area contributed by atoms with E-state index < -0.39 is 5.91 Å². The van der Waals surface area contributed by atoms with Crippen LogP contribution in [0.4, 0.5) is 0 Å². The van der Waals surface area contributed by atoms with Crippen molar-refractivity contribution in [2.24, 2.45) is 5.73 Å². The zero-order chi connectivity index (χ0) is 11.7. The van der Waals surface area contributed by atoms with Crippen molar-refractivity contribution in [1.29, 1.82) is 0 Å². The third-order valence-corrected chi connectivity index (χ3v) is 2.54. The lowest BCUT2D eigenvalue weighted by Gasteiger charge is -2.04. The molecule has 5 nitrogen and oxygen atoms in total. The molecular formula is C10H9BrN4O. The maximum absolute atomic E-state index is 10.9. The van der Waals surface area contributed by atoms with Crippen molar-refractivity contribution in [2.45, 2.75) is 6.92 Å². The van der Waals surface area contributed by atoms with Crippen LogP contribution in [-0.2, 0) is 0 Å². The number of carbonyl (C=O) groups is 1. The molecule has 0 spiro atoms. The van der Waals surface area contributed by atoms with Gasteiger partial charge in [-0.15, -0.1) is 0 Å². The van der Waals surface area contributed by atoms with E-state index in [0.717, 1.165) is 10.0 Å². The Hall–Kier alpha value is -1.69. The molecule has 0 aromatic carbocycles. The van der Waals surface area contributed by atoms with Crippen LogP contribution >= 0.6 is 15.9 Å². The lowest BCUT2D eigenvalue weighted by atomic mass is 10.3. The summed E-state index contributed by atoms with van der Waals surface area (Å²) in [7, 11) is 0. The van der Waals surface area contributed by atoms with E-state index in [1.165, 1.54) is 10.9 Å². The first-order valence-corrected chi connectivity index (χ1v) is 5.34. The van der Waals surface area contributed by atoms with E-state index in [-0.39, 0.29) is 0 Å². The third kappa shape index (κ3) is 1.96. The molecule has 2 N–H and O–H groups in total. The molecule has 1 amide bonds. The van der Waals surface area contributed by atoms with E-state index in [4.69, 9.17) is 5.73 Å². The number of nitrogens with two attached hydrogens (primary N) is 1. The molecule has 0 aliphatic rings. The number of aromatic nitrogens is 3. The number of hydrogen-bond acceptors (Lipinski definition) is 3. The van der Waals surface area contributed by atoms with Crippen molar-refractivity contribution in [3.05, 3.63) is 40.3 Å². The Kier molecular flexibility index (Phi) is 2.74. The van der Waals surface area contributed by atoms with Crippen molar-refractivity contribution in [1.82, 2.24) is 14.8 Å². The van der Waals surface area contributed by atoms with Crippen molar-refractivity contribution < 1.29 is 4.79 Å². The van der Waals surface area contributed by atoms with Gasteiger partial charge in [0.15, 0.2) is 5.82 Å². The molecule has 0 radical (unpaired) electrons. The minimum absolute atomic E-state index is 0.365. The molecule has 0 fully saturated rings. The number of pyridine rings is 1. The highest BCUT2D eigenvalue weighted by Crippen LogP contribution is 2.16. The summed E-state index contributed by atoms with van der Waals surface area (Å²) < 4.78 is 2.43. The summed E-state index contributed by atoms with van der Waals surface area (Å²) in [5.74, 6) is 0.178. The van der Waals surface area contributed by atoms with E-state index in [1.807, 2.05) is 13.0 Å². The lowest BCUT2D eigenvalue weighted by Crippen LogP contribution is -2.09. The number of rotatable bonds is 2. The fourth-order valence-corrected chi connectivity index (χ4v) is 1.78. The molecule has 0 saturated heterocycles. The molecule has 2 rings (SSSR count). The molecule has 0 unspecified atom stereocenters. The topological polar surface area (TPSA) is 73.8 Å². The van der Waals surface area contributed by atoms with Gasteiger partial charge in [-0.1, -0.05) is 0 Å². The van der Waals surface area contributed by atoms with E-state index in [9.17, 15) is 4.79 Å². The molecule has 0 aliphatic carbocycles. The Morgan fingerprint density at radius 1 is 1.50 bits per heavy atom. The van der Waals surface area contributed by atoms with Gasteiger partial charge >= 0.3 is 0 Å². The largest absolute Gasteiger partial charge is 0.366 e. The molecule has 2 heterocycles. The van der Waals surface area contributed by atoms with Crippen molar-refractivity contribution in [3.63, 3.8) is 0 Å². The molecule has 82 valence electrons. The van der Waals surface area contributed by atoms with Gasteiger partial charge in [0, 0.05) is 16.9 Å². The summed E-state index contributed by atoms with van der Waals surface area (Å²) in [6.07, 6.45) is 4.66. The number of carbonyl (C=O) groups excluding carboxylic acids is 1. The van der Waals surface area contributed by atoms with Gasteiger partial charge in [0.05, 0.1) is 11.8 Å². The molecule has 0 aliphatic heterocycles. The number of primary amides is 1. The minimum atomic E-state index is -0.499. The predicted octanol–water partition coefficient (Wildman–Crippen LogP) is 1.44. The summed E-state index contributed by atoms with van der Waals surface area (Å²) >= 11 is 3.33. The van der Waals surface area contributed by atoms with Crippen LogP contribution in [0.2, 0.25) is 0 Å². The second-order valence-electron chi connectivity index (χ2n) is 3.33. The lowest BCUT2D eigenvalue weighted by molar-refractivity contribution is 0.100. The van der Waals surface area contributed by atoms with Gasteiger partial charge in [0.25, 0.3) is 5.91 Å². The molecule has 0 saturated carbocycles. The second-order valence-corrected chi connectivity index (χ2v) is 4.25. The van der Waals surface area contributed by atoms with Crippen molar-refractivity contribution >= 4 is 21.8 Å². The summed E-state index contributed by atoms with van der Waals surface area (Å²) in [5, 5.41) is 4.04. The number of nitrogens with zero attached hydrogens (tertiary/aromatic N) is 3. The molecule has 0 atom stereocenters. The fraction of sp³-hybridized carbons (Fsp3) is 0.100. The summed E-state index contributed by atoms with van der Waals surface area (Å²) in [6, 6.07) is 1.92. The third-order valence-electron chi connectivity index (χ3n) is 2.10. The van der Waals surface area contributed by atoms with Gasteiger partial charge in [-0.05, 0) is 34.5 Å². The fourth-order valence-electron chi connectivity index (χ4n) is 1.34. The zero-order valence-corrected chi connectivity index (χ0v) is 10.1. The van der Waals surface area contributed by atoms with Gasteiger partial charge in [-0.2, -0.15) is 5.10 Å². The van der Waals surface area contributed by atoms with E-state index in [0.29, 0.717) is 11.4 Å². The minimum Gasteiger partial charge on any atom is -0.366 e. The molecule has 2 aromatic rings. The van der Waals surface area contributed by atoms with Crippen molar-refractivity contribution in [3.8, 4) is 5.82 Å². The first-order valence-electron chi connectivity index (χ1n) is 4.55. The normalized spacial score (nSPS) is 10.4. The maximum atomic E-state index is 10.9. The Morgan fingerprint density at radius 3 is 2.81 bits per heavy atom. The summed E-state index contributed by atoms with van der Waals surface area (Å²) in [6.45, 7) is 1.92. The van der Waals surface area contributed by atoms with Crippen LogP contribution in [0, 0.1) is 6.92 Å². The van der Waals surface area contributed by atoms with Crippen LogP contribution in [0.25, 0.3) is 5.82 Å². The first-order chi connectivity index (χ1) is 7.58. The van der Waals surface area contributed by atoms with Gasteiger partial charge in [0.1, 0.15) is 0 Å². The Bertz CT molecular complexity index is 550. The van der Waals surface area contributed by atoms with Crippen LogP contribution in [0.3, 0.4) is 0 Å². The second kappa shape index (κ2) is 4.05. The van der Waals surface area contributed by atoms with Crippen molar-refractivity contribution in [2.75, 3.05) is 0 Å². The van der Waals surface area contributed by atoms with Crippen LogP contribution in [0.5, 0.6) is 0 Å². The predicted molar refractivity (Wildman–Crippen MR) is 62.3 cm³/mol. The molecule has 6 heteroatoms. The van der Waals surface area contributed by atoms with Crippen LogP contribution in [-0.4, -0.2) is 20.7 Å². The number of amides is 1. The SMILES string of the molecule is Cc1cc(Br)cnc1-n1cc(C(N)=O)cn1. The Labute approximate surface area is 100 Å². The quantitative estimate of drug-likeness (QED) is 0.905. The van der Waals surface area contributed by atoms with Crippen LogP contribution in [0.15, 0.2) is 29.1 Å².